The molecule has 0 aliphatic heterocycles. The Hall–Kier alpha value is -2.55. The van der Waals surface area contributed by atoms with Crippen molar-refractivity contribution >= 4 is 11.5 Å². The molecule has 0 atom stereocenters. The van der Waals surface area contributed by atoms with Gasteiger partial charge in [-0.3, -0.25) is 0 Å². The molecular formula is C18H17NO2. The highest BCUT2D eigenvalue weighted by atomic mass is 16.5. The Balaban J connectivity index is 2.25. The summed E-state index contributed by atoms with van der Waals surface area (Å²) in [5.41, 5.74) is 4.78. The Kier molecular flexibility index (Phi) is 3.48. The number of hydrogen-bond acceptors (Lipinski definition) is 2. The summed E-state index contributed by atoms with van der Waals surface area (Å²) < 4.78 is 7.20. The molecule has 2 heterocycles. The third-order valence-electron chi connectivity index (χ3n) is 3.59. The summed E-state index contributed by atoms with van der Waals surface area (Å²) >= 11 is 0. The SMILES string of the molecule is CCOC(=O)c1cc(-c2ccccc2C)n2ccccc12. The highest BCUT2D eigenvalue weighted by molar-refractivity contribution is 5.99. The maximum atomic E-state index is 12.2. The van der Waals surface area contributed by atoms with Gasteiger partial charge in [0.25, 0.3) is 0 Å². The van der Waals surface area contributed by atoms with E-state index in [2.05, 4.69) is 19.1 Å². The molecule has 0 saturated carbocycles. The minimum atomic E-state index is -0.277. The predicted octanol–water partition coefficient (Wildman–Crippen LogP) is 4.09. The van der Waals surface area contributed by atoms with Crippen molar-refractivity contribution in [1.29, 1.82) is 0 Å². The minimum Gasteiger partial charge on any atom is -0.462 e. The fourth-order valence-electron chi connectivity index (χ4n) is 2.59. The molecule has 0 spiro atoms. The molecule has 0 radical (unpaired) electrons. The van der Waals surface area contributed by atoms with Gasteiger partial charge < -0.3 is 9.14 Å². The van der Waals surface area contributed by atoms with Crippen molar-refractivity contribution in [1.82, 2.24) is 4.40 Å². The number of nitrogens with zero attached hydrogens (tertiary/aromatic N) is 1. The Morgan fingerprint density at radius 1 is 1.14 bits per heavy atom. The average molecular weight is 279 g/mol. The van der Waals surface area contributed by atoms with Crippen LogP contribution in [0.4, 0.5) is 0 Å². The molecule has 3 aromatic rings. The smallest absolute Gasteiger partial charge is 0.340 e. The average Bonchev–Trinajstić information content (AvgIpc) is 2.88. The first-order valence-corrected chi connectivity index (χ1v) is 7.05. The summed E-state index contributed by atoms with van der Waals surface area (Å²) in [7, 11) is 0. The number of ether oxygens (including phenoxy) is 1. The predicted molar refractivity (Wildman–Crippen MR) is 83.5 cm³/mol. The Labute approximate surface area is 123 Å². The topological polar surface area (TPSA) is 30.7 Å². The zero-order valence-electron chi connectivity index (χ0n) is 12.2. The van der Waals surface area contributed by atoms with Gasteiger partial charge in [-0.15, -0.1) is 0 Å². The molecule has 3 nitrogen and oxygen atoms in total. The van der Waals surface area contributed by atoms with Gasteiger partial charge in [-0.2, -0.15) is 0 Å². The van der Waals surface area contributed by atoms with Crippen molar-refractivity contribution in [3.63, 3.8) is 0 Å². The second-order valence-electron chi connectivity index (χ2n) is 4.93. The van der Waals surface area contributed by atoms with Crippen LogP contribution in [0.15, 0.2) is 54.7 Å². The van der Waals surface area contributed by atoms with Crippen LogP contribution in [0.1, 0.15) is 22.8 Å². The zero-order chi connectivity index (χ0) is 14.8. The Morgan fingerprint density at radius 3 is 2.67 bits per heavy atom. The molecular weight excluding hydrogens is 262 g/mol. The lowest BCUT2D eigenvalue weighted by Gasteiger charge is -2.05. The van der Waals surface area contributed by atoms with E-state index in [-0.39, 0.29) is 5.97 Å². The summed E-state index contributed by atoms with van der Waals surface area (Å²) in [5, 5.41) is 0. The number of aromatic nitrogens is 1. The number of benzene rings is 1. The van der Waals surface area contributed by atoms with Crippen molar-refractivity contribution in [3.05, 3.63) is 65.9 Å². The lowest BCUT2D eigenvalue weighted by Crippen LogP contribution is -2.03. The molecule has 0 N–H and O–H groups in total. The van der Waals surface area contributed by atoms with Crippen LogP contribution >= 0.6 is 0 Å². The summed E-state index contributed by atoms with van der Waals surface area (Å²) in [4.78, 5) is 12.2. The van der Waals surface area contributed by atoms with Gasteiger partial charge in [-0.25, -0.2) is 4.79 Å². The van der Waals surface area contributed by atoms with E-state index in [1.165, 1.54) is 5.56 Å². The van der Waals surface area contributed by atoms with Crippen molar-refractivity contribution < 1.29 is 9.53 Å². The van der Waals surface area contributed by atoms with E-state index >= 15 is 0 Å². The lowest BCUT2D eigenvalue weighted by atomic mass is 10.1. The Bertz CT molecular complexity index is 802. The second kappa shape index (κ2) is 5.44. The van der Waals surface area contributed by atoms with Crippen LogP contribution in [-0.2, 0) is 4.74 Å². The standard InChI is InChI=1S/C18H17NO2/c1-3-21-18(20)15-12-17(14-9-5-4-8-13(14)2)19-11-7-6-10-16(15)19/h4-12H,3H2,1-2H3. The summed E-state index contributed by atoms with van der Waals surface area (Å²) in [6.45, 7) is 4.27. The first-order valence-electron chi connectivity index (χ1n) is 7.05. The molecule has 0 aliphatic rings. The molecule has 0 aliphatic carbocycles. The maximum absolute atomic E-state index is 12.2. The third kappa shape index (κ3) is 2.31. The van der Waals surface area contributed by atoms with Gasteiger partial charge in [0.1, 0.15) is 0 Å². The molecule has 106 valence electrons. The number of carbonyl (C=O) groups excluding carboxylic acids is 1. The molecule has 0 saturated heterocycles. The number of fused-ring (bicyclic) bond motifs is 1. The minimum absolute atomic E-state index is 0.277. The van der Waals surface area contributed by atoms with Gasteiger partial charge in [-0.05, 0) is 37.6 Å². The zero-order valence-corrected chi connectivity index (χ0v) is 12.2. The van der Waals surface area contributed by atoms with Crippen LogP contribution in [0.2, 0.25) is 0 Å². The lowest BCUT2D eigenvalue weighted by molar-refractivity contribution is 0.0529. The normalized spacial score (nSPS) is 10.8. The van der Waals surface area contributed by atoms with E-state index < -0.39 is 0 Å². The van der Waals surface area contributed by atoms with Gasteiger partial charge in [0, 0.05) is 11.8 Å². The van der Waals surface area contributed by atoms with Crippen LogP contribution < -0.4 is 0 Å². The third-order valence-corrected chi connectivity index (χ3v) is 3.59. The molecule has 0 bridgehead atoms. The number of esters is 1. The molecule has 0 amide bonds. The fourth-order valence-corrected chi connectivity index (χ4v) is 2.59. The van der Waals surface area contributed by atoms with Gasteiger partial charge in [-0.1, -0.05) is 30.3 Å². The Morgan fingerprint density at radius 2 is 1.90 bits per heavy atom. The van der Waals surface area contributed by atoms with Crippen LogP contribution in [0.3, 0.4) is 0 Å². The largest absolute Gasteiger partial charge is 0.462 e. The molecule has 3 rings (SSSR count). The number of rotatable bonds is 3. The summed E-state index contributed by atoms with van der Waals surface area (Å²) in [6, 6.07) is 15.9. The van der Waals surface area contributed by atoms with E-state index in [0.717, 1.165) is 16.8 Å². The van der Waals surface area contributed by atoms with Gasteiger partial charge in [0.15, 0.2) is 0 Å². The summed E-state index contributed by atoms with van der Waals surface area (Å²) in [6.07, 6.45) is 1.97. The van der Waals surface area contributed by atoms with Gasteiger partial charge >= 0.3 is 5.97 Å². The van der Waals surface area contributed by atoms with Crippen LogP contribution in [0, 0.1) is 6.92 Å². The number of carbonyl (C=O) groups is 1. The fraction of sp³-hybridized carbons (Fsp3) is 0.167. The first kappa shape index (κ1) is 13.4. The van der Waals surface area contributed by atoms with Crippen molar-refractivity contribution in [2.45, 2.75) is 13.8 Å². The quantitative estimate of drug-likeness (QED) is 0.676. The van der Waals surface area contributed by atoms with Crippen LogP contribution in [-0.4, -0.2) is 17.0 Å². The van der Waals surface area contributed by atoms with E-state index in [0.29, 0.717) is 12.2 Å². The van der Waals surface area contributed by atoms with Crippen molar-refractivity contribution in [2.75, 3.05) is 6.61 Å². The van der Waals surface area contributed by atoms with E-state index in [4.69, 9.17) is 4.74 Å². The van der Waals surface area contributed by atoms with Gasteiger partial charge in [0.05, 0.1) is 23.4 Å². The highest BCUT2D eigenvalue weighted by Crippen LogP contribution is 2.28. The summed E-state index contributed by atoms with van der Waals surface area (Å²) in [5.74, 6) is -0.277. The number of pyridine rings is 1. The molecule has 21 heavy (non-hydrogen) atoms. The van der Waals surface area contributed by atoms with E-state index in [1.807, 2.05) is 53.9 Å². The van der Waals surface area contributed by atoms with Crippen LogP contribution in [0.25, 0.3) is 16.8 Å². The maximum Gasteiger partial charge on any atom is 0.340 e. The molecule has 2 aromatic heterocycles. The van der Waals surface area contributed by atoms with E-state index in [1.54, 1.807) is 0 Å². The molecule has 3 heteroatoms. The number of hydrogen-bond donors (Lipinski definition) is 0. The first-order chi connectivity index (χ1) is 10.2. The molecule has 1 aromatic carbocycles. The van der Waals surface area contributed by atoms with Gasteiger partial charge in [0.2, 0.25) is 0 Å². The van der Waals surface area contributed by atoms with E-state index in [9.17, 15) is 4.79 Å². The number of aryl methyl sites for hydroxylation is 1. The monoisotopic (exact) mass is 279 g/mol. The van der Waals surface area contributed by atoms with Crippen molar-refractivity contribution in [3.8, 4) is 11.3 Å². The molecule has 0 fully saturated rings. The van der Waals surface area contributed by atoms with Crippen LogP contribution in [0.5, 0.6) is 0 Å². The second-order valence-corrected chi connectivity index (χ2v) is 4.93. The molecule has 0 unspecified atom stereocenters. The highest BCUT2D eigenvalue weighted by Gasteiger charge is 2.17. The van der Waals surface area contributed by atoms with Crippen molar-refractivity contribution in [2.24, 2.45) is 0 Å².